The Hall–Kier alpha value is -0.540. The lowest BCUT2D eigenvalue weighted by Crippen LogP contribution is -2.13. The third kappa shape index (κ3) is 4.00. The molecule has 1 aliphatic carbocycles. The first-order chi connectivity index (χ1) is 8.25. The van der Waals surface area contributed by atoms with Crippen LogP contribution in [0.2, 0.25) is 0 Å². The van der Waals surface area contributed by atoms with Gasteiger partial charge in [-0.05, 0) is 42.5 Å². The van der Waals surface area contributed by atoms with Crippen molar-refractivity contribution in [1.29, 1.82) is 0 Å². The van der Waals surface area contributed by atoms with Crippen LogP contribution in [0.5, 0.6) is 0 Å². The molecule has 1 nitrogen and oxygen atoms in total. The van der Waals surface area contributed by atoms with Crippen molar-refractivity contribution in [2.24, 2.45) is 5.92 Å². The first-order valence-electron chi connectivity index (χ1n) is 6.31. The quantitative estimate of drug-likeness (QED) is 0.792. The number of hydrogen-bond acceptors (Lipinski definition) is 2. The second-order valence-corrected chi connectivity index (χ2v) is 5.27. The summed E-state index contributed by atoms with van der Waals surface area (Å²) in [5.41, 5.74) is 0.837. The summed E-state index contributed by atoms with van der Waals surface area (Å²) >= 11 is 4.30. The van der Waals surface area contributed by atoms with E-state index in [1.165, 1.54) is 44.2 Å². The Morgan fingerprint density at radius 1 is 1.24 bits per heavy atom. The van der Waals surface area contributed by atoms with Gasteiger partial charge in [0.05, 0.1) is 6.61 Å². The largest absolute Gasteiger partial charge is 0.376 e. The summed E-state index contributed by atoms with van der Waals surface area (Å²) in [6.07, 6.45) is 6.56. The van der Waals surface area contributed by atoms with Crippen LogP contribution in [0.1, 0.15) is 37.7 Å². The van der Waals surface area contributed by atoms with Gasteiger partial charge in [0.2, 0.25) is 0 Å². The number of halogens is 1. The van der Waals surface area contributed by atoms with Crippen molar-refractivity contribution in [3.8, 4) is 0 Å². The topological polar surface area (TPSA) is 9.23 Å². The maximum Gasteiger partial charge on any atom is 0.123 e. The van der Waals surface area contributed by atoms with Crippen molar-refractivity contribution in [3.05, 3.63) is 29.6 Å². The highest BCUT2D eigenvalue weighted by Gasteiger charge is 2.13. The Morgan fingerprint density at radius 2 is 2.00 bits per heavy atom. The van der Waals surface area contributed by atoms with Crippen molar-refractivity contribution >= 4 is 12.6 Å². The first kappa shape index (κ1) is 12.9. The van der Waals surface area contributed by atoms with Crippen LogP contribution in [0.25, 0.3) is 0 Å². The molecule has 0 bridgehead atoms. The molecular weight excluding hydrogens is 235 g/mol. The zero-order valence-electron chi connectivity index (χ0n) is 9.99. The maximum absolute atomic E-state index is 13.0. The zero-order chi connectivity index (χ0) is 12.1. The zero-order valence-corrected chi connectivity index (χ0v) is 10.9. The number of ether oxygens (including phenoxy) is 1. The molecular formula is C14H19FOS. The fraction of sp³-hybridized carbons (Fsp3) is 0.571. The minimum atomic E-state index is -0.223. The summed E-state index contributed by atoms with van der Waals surface area (Å²) in [5, 5.41) is 0. The Labute approximate surface area is 108 Å². The van der Waals surface area contributed by atoms with Crippen LogP contribution in [0.3, 0.4) is 0 Å². The standard InChI is InChI=1S/C14H19FOS/c15-13-6-7-14(17)12(8-13)10-16-9-11-4-2-1-3-5-11/h6-8,11,17H,1-5,9-10H2. The van der Waals surface area contributed by atoms with E-state index in [2.05, 4.69) is 12.6 Å². The minimum Gasteiger partial charge on any atom is -0.376 e. The number of hydrogen-bond donors (Lipinski definition) is 1. The van der Waals surface area contributed by atoms with Crippen molar-refractivity contribution in [2.75, 3.05) is 6.61 Å². The average Bonchev–Trinajstić information content (AvgIpc) is 2.35. The van der Waals surface area contributed by atoms with Crippen LogP contribution in [0.15, 0.2) is 23.1 Å². The molecule has 0 amide bonds. The molecule has 2 rings (SSSR count). The summed E-state index contributed by atoms with van der Waals surface area (Å²) in [6.45, 7) is 1.26. The minimum absolute atomic E-state index is 0.223. The van der Waals surface area contributed by atoms with E-state index in [0.717, 1.165) is 17.1 Å². The van der Waals surface area contributed by atoms with Gasteiger partial charge in [0.15, 0.2) is 0 Å². The van der Waals surface area contributed by atoms with E-state index in [1.54, 1.807) is 6.07 Å². The Bertz CT molecular complexity index is 361. The molecule has 0 N–H and O–H groups in total. The molecule has 3 heteroatoms. The van der Waals surface area contributed by atoms with Crippen molar-refractivity contribution in [1.82, 2.24) is 0 Å². The Kier molecular flexibility index (Phi) is 4.86. The monoisotopic (exact) mass is 254 g/mol. The molecule has 1 saturated carbocycles. The second-order valence-electron chi connectivity index (χ2n) is 4.79. The van der Waals surface area contributed by atoms with Crippen LogP contribution in [-0.2, 0) is 11.3 Å². The lowest BCUT2D eigenvalue weighted by atomic mass is 9.90. The van der Waals surface area contributed by atoms with Gasteiger partial charge in [-0.1, -0.05) is 19.3 Å². The molecule has 0 saturated heterocycles. The molecule has 0 heterocycles. The summed E-state index contributed by atoms with van der Waals surface area (Å²) in [5.74, 6) is 0.472. The van der Waals surface area contributed by atoms with E-state index in [4.69, 9.17) is 4.74 Å². The van der Waals surface area contributed by atoms with Crippen LogP contribution in [0, 0.1) is 11.7 Å². The second kappa shape index (κ2) is 6.41. The van der Waals surface area contributed by atoms with Gasteiger partial charge in [-0.15, -0.1) is 12.6 Å². The van der Waals surface area contributed by atoms with E-state index in [9.17, 15) is 4.39 Å². The number of thiol groups is 1. The average molecular weight is 254 g/mol. The van der Waals surface area contributed by atoms with Crippen LogP contribution in [0.4, 0.5) is 4.39 Å². The van der Waals surface area contributed by atoms with Crippen LogP contribution >= 0.6 is 12.6 Å². The smallest absolute Gasteiger partial charge is 0.123 e. The molecule has 1 aliphatic rings. The van der Waals surface area contributed by atoms with E-state index >= 15 is 0 Å². The van der Waals surface area contributed by atoms with Gasteiger partial charge in [0.1, 0.15) is 5.82 Å². The molecule has 1 fully saturated rings. The summed E-state index contributed by atoms with van der Waals surface area (Å²) in [7, 11) is 0. The van der Waals surface area contributed by atoms with Crippen molar-refractivity contribution in [3.63, 3.8) is 0 Å². The Balaban J connectivity index is 1.79. The lowest BCUT2D eigenvalue weighted by Gasteiger charge is -2.21. The molecule has 0 aliphatic heterocycles. The molecule has 1 aromatic carbocycles. The molecule has 0 aromatic heterocycles. The van der Waals surface area contributed by atoms with E-state index in [-0.39, 0.29) is 5.82 Å². The molecule has 0 radical (unpaired) electrons. The summed E-state index contributed by atoms with van der Waals surface area (Å²) in [4.78, 5) is 0.801. The van der Waals surface area contributed by atoms with Crippen molar-refractivity contribution in [2.45, 2.75) is 43.6 Å². The van der Waals surface area contributed by atoms with Crippen LogP contribution < -0.4 is 0 Å². The molecule has 0 unspecified atom stereocenters. The highest BCUT2D eigenvalue weighted by molar-refractivity contribution is 7.80. The lowest BCUT2D eigenvalue weighted by molar-refractivity contribution is 0.0727. The van der Waals surface area contributed by atoms with Crippen molar-refractivity contribution < 1.29 is 9.13 Å². The molecule has 94 valence electrons. The molecule has 1 aromatic rings. The van der Waals surface area contributed by atoms with Crippen LogP contribution in [-0.4, -0.2) is 6.61 Å². The molecule has 0 spiro atoms. The summed E-state index contributed by atoms with van der Waals surface area (Å²) < 4.78 is 18.7. The van der Waals surface area contributed by atoms with Gasteiger partial charge < -0.3 is 4.74 Å². The highest BCUT2D eigenvalue weighted by Crippen LogP contribution is 2.24. The van der Waals surface area contributed by atoms with Gasteiger partial charge in [-0.3, -0.25) is 0 Å². The van der Waals surface area contributed by atoms with Gasteiger partial charge in [0, 0.05) is 11.5 Å². The third-order valence-corrected chi connectivity index (χ3v) is 3.81. The Morgan fingerprint density at radius 3 is 2.76 bits per heavy atom. The maximum atomic E-state index is 13.0. The fourth-order valence-electron chi connectivity index (χ4n) is 2.36. The normalized spacial score (nSPS) is 17.3. The summed E-state index contributed by atoms with van der Waals surface area (Å²) in [6, 6.07) is 4.61. The molecule has 0 atom stereocenters. The predicted octanol–water partition coefficient (Wildman–Crippen LogP) is 4.21. The molecule has 17 heavy (non-hydrogen) atoms. The predicted molar refractivity (Wildman–Crippen MR) is 69.9 cm³/mol. The van der Waals surface area contributed by atoms with E-state index in [1.807, 2.05) is 0 Å². The SMILES string of the molecule is Fc1ccc(S)c(COCC2CCCCC2)c1. The fourth-order valence-corrected chi connectivity index (χ4v) is 2.56. The highest BCUT2D eigenvalue weighted by atomic mass is 32.1. The van der Waals surface area contributed by atoms with Gasteiger partial charge >= 0.3 is 0 Å². The number of rotatable bonds is 4. The third-order valence-electron chi connectivity index (χ3n) is 3.38. The number of benzene rings is 1. The van der Waals surface area contributed by atoms with Gasteiger partial charge in [0.25, 0.3) is 0 Å². The van der Waals surface area contributed by atoms with E-state index < -0.39 is 0 Å². The van der Waals surface area contributed by atoms with Gasteiger partial charge in [-0.25, -0.2) is 4.39 Å². The first-order valence-corrected chi connectivity index (χ1v) is 6.75. The van der Waals surface area contributed by atoms with E-state index in [0.29, 0.717) is 12.5 Å². The van der Waals surface area contributed by atoms with Gasteiger partial charge in [-0.2, -0.15) is 0 Å².